The number of rotatable bonds is 4. The van der Waals surface area contributed by atoms with Crippen molar-refractivity contribution in [1.82, 2.24) is 4.90 Å². The van der Waals surface area contributed by atoms with E-state index in [0.29, 0.717) is 19.7 Å². The zero-order valence-corrected chi connectivity index (χ0v) is 15.5. The number of hydrogen-bond acceptors (Lipinski definition) is 4. The van der Waals surface area contributed by atoms with Crippen molar-refractivity contribution in [3.63, 3.8) is 0 Å². The number of para-hydroxylation sites is 4. The van der Waals surface area contributed by atoms with Gasteiger partial charge in [0.05, 0.1) is 24.0 Å². The summed E-state index contributed by atoms with van der Waals surface area (Å²) in [5.74, 6) is 1.65. The Morgan fingerprint density at radius 2 is 1.78 bits per heavy atom. The molecule has 2 aromatic carbocycles. The molecule has 0 aliphatic carbocycles. The molecule has 0 N–H and O–H groups in total. The van der Waals surface area contributed by atoms with Crippen LogP contribution < -0.4 is 9.64 Å². The number of carbonyl (C=O) groups is 1. The van der Waals surface area contributed by atoms with Crippen LogP contribution in [-0.4, -0.2) is 36.7 Å². The van der Waals surface area contributed by atoms with E-state index in [2.05, 4.69) is 30.0 Å². The quantitative estimate of drug-likeness (QED) is 0.559. The maximum Gasteiger partial charge on any atom is 0.410 e. The first-order chi connectivity index (χ1) is 13.3. The van der Waals surface area contributed by atoms with E-state index in [1.165, 1.54) is 0 Å². The Bertz CT molecular complexity index is 803. The van der Waals surface area contributed by atoms with E-state index in [0.717, 1.165) is 35.7 Å². The topological polar surface area (TPSA) is 42.0 Å². The summed E-state index contributed by atoms with van der Waals surface area (Å²) in [5.41, 5.74) is 2.01. The summed E-state index contributed by atoms with van der Waals surface area (Å²) in [6.45, 7) is 3.71. The zero-order chi connectivity index (χ0) is 18.6. The molecule has 1 amide bonds. The molecular formula is C22H24N2O3. The minimum absolute atomic E-state index is 0.0173. The molecule has 1 unspecified atom stereocenters. The molecule has 0 saturated heterocycles. The highest BCUT2D eigenvalue weighted by Crippen LogP contribution is 2.47. The number of nitrogens with zero attached hydrogens (tertiary/aromatic N) is 2. The average molecular weight is 364 g/mol. The van der Waals surface area contributed by atoms with Crippen LogP contribution in [0.1, 0.15) is 19.8 Å². The summed E-state index contributed by atoms with van der Waals surface area (Å²) in [5, 5.41) is 0. The second kappa shape index (κ2) is 7.74. The smallest absolute Gasteiger partial charge is 0.410 e. The van der Waals surface area contributed by atoms with E-state index >= 15 is 0 Å². The van der Waals surface area contributed by atoms with E-state index in [1.807, 2.05) is 42.5 Å². The van der Waals surface area contributed by atoms with E-state index in [-0.39, 0.29) is 12.1 Å². The molecule has 27 heavy (non-hydrogen) atoms. The summed E-state index contributed by atoms with van der Waals surface area (Å²) < 4.78 is 11.5. The summed E-state index contributed by atoms with van der Waals surface area (Å²) in [4.78, 5) is 16.4. The molecule has 2 aliphatic rings. The molecule has 2 aromatic rings. The number of hydrogen-bond donors (Lipinski definition) is 0. The molecule has 5 nitrogen and oxygen atoms in total. The van der Waals surface area contributed by atoms with E-state index < -0.39 is 0 Å². The molecule has 1 atom stereocenters. The highest BCUT2D eigenvalue weighted by atomic mass is 16.6. The number of amides is 1. The van der Waals surface area contributed by atoms with Crippen LogP contribution in [0.3, 0.4) is 0 Å². The van der Waals surface area contributed by atoms with E-state index in [1.54, 1.807) is 4.90 Å². The van der Waals surface area contributed by atoms with Crippen molar-refractivity contribution >= 4 is 17.5 Å². The third-order valence-electron chi connectivity index (χ3n) is 4.87. The van der Waals surface area contributed by atoms with Gasteiger partial charge in [0.25, 0.3) is 0 Å². The number of carbonyl (C=O) groups excluding carboxylic acids is 1. The summed E-state index contributed by atoms with van der Waals surface area (Å²) in [6.07, 6.45) is 5.86. The SMILES string of the molecule is CCCCOC(=O)N1CC=CC(N2c3ccccc3Oc3ccccc32)C1. The molecule has 0 bridgehead atoms. The fourth-order valence-corrected chi connectivity index (χ4v) is 3.51. The average Bonchev–Trinajstić information content (AvgIpc) is 2.72. The maximum absolute atomic E-state index is 12.4. The molecule has 0 saturated carbocycles. The summed E-state index contributed by atoms with van der Waals surface area (Å²) in [6, 6.07) is 16.0. The highest BCUT2D eigenvalue weighted by molar-refractivity contribution is 5.79. The van der Waals surface area contributed by atoms with Crippen LogP contribution in [0, 0.1) is 0 Å². The maximum atomic E-state index is 12.4. The number of benzene rings is 2. The Morgan fingerprint density at radius 1 is 1.11 bits per heavy atom. The lowest BCUT2D eigenvalue weighted by molar-refractivity contribution is 0.103. The molecule has 5 heteroatoms. The first kappa shape index (κ1) is 17.5. The molecule has 0 aromatic heterocycles. The van der Waals surface area contributed by atoms with Gasteiger partial charge in [-0.3, -0.25) is 0 Å². The van der Waals surface area contributed by atoms with Crippen molar-refractivity contribution in [1.29, 1.82) is 0 Å². The van der Waals surface area contributed by atoms with Crippen molar-refractivity contribution in [2.45, 2.75) is 25.8 Å². The number of anilines is 2. The Labute approximate surface area is 159 Å². The Kier molecular flexibility index (Phi) is 5.01. The summed E-state index contributed by atoms with van der Waals surface area (Å²) in [7, 11) is 0. The van der Waals surface area contributed by atoms with Crippen LogP contribution in [0.2, 0.25) is 0 Å². The number of ether oxygens (including phenoxy) is 2. The van der Waals surface area contributed by atoms with Crippen molar-refractivity contribution in [2.75, 3.05) is 24.6 Å². The van der Waals surface area contributed by atoms with Gasteiger partial charge in [-0.05, 0) is 30.7 Å². The van der Waals surface area contributed by atoms with Gasteiger partial charge in [-0.15, -0.1) is 0 Å². The van der Waals surface area contributed by atoms with Gasteiger partial charge in [0.1, 0.15) is 0 Å². The second-order valence-electron chi connectivity index (χ2n) is 6.78. The van der Waals surface area contributed by atoms with Gasteiger partial charge in [-0.25, -0.2) is 4.79 Å². The second-order valence-corrected chi connectivity index (χ2v) is 6.78. The largest absolute Gasteiger partial charge is 0.453 e. The lowest BCUT2D eigenvalue weighted by atomic mass is 10.1. The molecular weight excluding hydrogens is 340 g/mol. The van der Waals surface area contributed by atoms with Crippen LogP contribution >= 0.6 is 0 Å². The van der Waals surface area contributed by atoms with Gasteiger partial charge in [0, 0.05) is 13.1 Å². The fourth-order valence-electron chi connectivity index (χ4n) is 3.51. The molecule has 2 aliphatic heterocycles. The van der Waals surface area contributed by atoms with Crippen LogP contribution in [-0.2, 0) is 4.74 Å². The lowest BCUT2D eigenvalue weighted by Gasteiger charge is -2.40. The first-order valence-electron chi connectivity index (χ1n) is 9.51. The molecule has 140 valence electrons. The molecule has 0 radical (unpaired) electrons. The Balaban J connectivity index is 1.60. The van der Waals surface area contributed by atoms with Crippen LogP contribution in [0.4, 0.5) is 16.2 Å². The standard InChI is InChI=1S/C22H24N2O3/c1-2-3-15-26-22(25)23-14-8-9-17(16-23)24-18-10-4-6-12-20(18)27-21-13-7-5-11-19(21)24/h4-13,17H,2-3,14-16H2,1H3. The third-order valence-corrected chi connectivity index (χ3v) is 4.87. The molecule has 0 fully saturated rings. The third kappa shape index (κ3) is 3.50. The highest BCUT2D eigenvalue weighted by Gasteiger charge is 2.32. The molecule has 2 heterocycles. The van der Waals surface area contributed by atoms with Crippen molar-refractivity contribution < 1.29 is 14.3 Å². The Hall–Kier alpha value is -2.95. The molecule has 4 rings (SSSR count). The van der Waals surface area contributed by atoms with E-state index in [9.17, 15) is 4.79 Å². The number of unbranched alkanes of at least 4 members (excludes halogenated alkanes) is 1. The monoisotopic (exact) mass is 364 g/mol. The van der Waals surface area contributed by atoms with Crippen LogP contribution in [0.5, 0.6) is 11.5 Å². The van der Waals surface area contributed by atoms with Crippen molar-refractivity contribution in [3.05, 3.63) is 60.7 Å². The zero-order valence-electron chi connectivity index (χ0n) is 15.5. The van der Waals surface area contributed by atoms with Gasteiger partial charge >= 0.3 is 6.09 Å². The van der Waals surface area contributed by atoms with Gasteiger partial charge < -0.3 is 19.3 Å². The molecule has 0 spiro atoms. The summed E-state index contributed by atoms with van der Waals surface area (Å²) >= 11 is 0. The predicted octanol–water partition coefficient (Wildman–Crippen LogP) is 5.11. The minimum Gasteiger partial charge on any atom is -0.453 e. The minimum atomic E-state index is -0.243. The lowest BCUT2D eigenvalue weighted by Crippen LogP contribution is -2.46. The fraction of sp³-hybridized carbons (Fsp3) is 0.318. The van der Waals surface area contributed by atoms with Crippen molar-refractivity contribution in [3.8, 4) is 11.5 Å². The van der Waals surface area contributed by atoms with Crippen molar-refractivity contribution in [2.24, 2.45) is 0 Å². The predicted molar refractivity (Wildman–Crippen MR) is 106 cm³/mol. The van der Waals surface area contributed by atoms with Crippen LogP contribution in [0.15, 0.2) is 60.7 Å². The number of fused-ring (bicyclic) bond motifs is 2. The van der Waals surface area contributed by atoms with Gasteiger partial charge in [0.15, 0.2) is 11.5 Å². The Morgan fingerprint density at radius 3 is 2.44 bits per heavy atom. The van der Waals surface area contributed by atoms with Crippen LogP contribution in [0.25, 0.3) is 0 Å². The van der Waals surface area contributed by atoms with E-state index in [4.69, 9.17) is 9.47 Å². The van der Waals surface area contributed by atoms with Gasteiger partial charge in [-0.1, -0.05) is 49.8 Å². The van der Waals surface area contributed by atoms with Gasteiger partial charge in [0.2, 0.25) is 0 Å². The van der Waals surface area contributed by atoms with Gasteiger partial charge in [-0.2, -0.15) is 0 Å². The normalized spacial score (nSPS) is 17.7. The first-order valence-corrected chi connectivity index (χ1v) is 9.51.